The van der Waals surface area contributed by atoms with Crippen molar-refractivity contribution in [3.8, 4) is 6.07 Å². The first-order valence-corrected chi connectivity index (χ1v) is 8.30. The molecule has 146 valence electrons. The van der Waals surface area contributed by atoms with Crippen molar-refractivity contribution >= 4 is 23.2 Å². The van der Waals surface area contributed by atoms with E-state index < -0.39 is 23.6 Å². The van der Waals surface area contributed by atoms with Gasteiger partial charge in [0.05, 0.1) is 22.9 Å². The van der Waals surface area contributed by atoms with Gasteiger partial charge in [0.2, 0.25) is 5.91 Å². The Morgan fingerprint density at radius 3 is 2.32 bits per heavy atom. The summed E-state index contributed by atoms with van der Waals surface area (Å²) in [6, 6.07) is 12.7. The quantitative estimate of drug-likeness (QED) is 0.515. The van der Waals surface area contributed by atoms with Crippen LogP contribution in [0.3, 0.4) is 0 Å². The van der Waals surface area contributed by atoms with E-state index in [2.05, 4.69) is 16.2 Å². The number of benzene rings is 2. The summed E-state index contributed by atoms with van der Waals surface area (Å²) in [6.45, 7) is 0. The molecule has 2 amide bonds. The maximum absolute atomic E-state index is 12.6. The Kier molecular flexibility index (Phi) is 6.98. The van der Waals surface area contributed by atoms with Gasteiger partial charge in [0, 0.05) is 18.5 Å². The molecule has 2 aromatic rings. The standard InChI is InChI=1S/C19H17F3N4O2/c20-19(21,22)13-8-10-14(11-9-13)24-16-6-2-1-5-15(16)18(28)26-25-17(27)7-3-4-12-23/h1-2,5-6,8-11,24H,3-4,7H2,(H,25,27)(H,26,28). The van der Waals surface area contributed by atoms with Crippen LogP contribution in [-0.2, 0) is 11.0 Å². The van der Waals surface area contributed by atoms with Crippen LogP contribution in [0.2, 0.25) is 0 Å². The van der Waals surface area contributed by atoms with Gasteiger partial charge in [0.25, 0.3) is 5.91 Å². The number of nitrogens with one attached hydrogen (secondary N) is 3. The van der Waals surface area contributed by atoms with E-state index in [0.717, 1.165) is 12.1 Å². The molecule has 0 heterocycles. The van der Waals surface area contributed by atoms with Crippen LogP contribution in [0.5, 0.6) is 0 Å². The Balaban J connectivity index is 2.03. The van der Waals surface area contributed by atoms with Crippen LogP contribution in [0, 0.1) is 11.3 Å². The molecule has 0 radical (unpaired) electrons. The summed E-state index contributed by atoms with van der Waals surface area (Å²) in [5, 5.41) is 11.3. The Hall–Kier alpha value is -3.54. The fraction of sp³-hybridized carbons (Fsp3) is 0.211. The maximum atomic E-state index is 12.6. The van der Waals surface area contributed by atoms with E-state index >= 15 is 0 Å². The van der Waals surface area contributed by atoms with Crippen molar-refractivity contribution in [1.82, 2.24) is 10.9 Å². The third-order valence-corrected chi connectivity index (χ3v) is 3.67. The smallest absolute Gasteiger partial charge is 0.355 e. The molecule has 0 spiro atoms. The van der Waals surface area contributed by atoms with Crippen LogP contribution in [0.4, 0.5) is 24.5 Å². The topological polar surface area (TPSA) is 94.0 Å². The van der Waals surface area contributed by atoms with E-state index in [-0.39, 0.29) is 18.4 Å². The molecular weight excluding hydrogens is 373 g/mol. The summed E-state index contributed by atoms with van der Waals surface area (Å²) in [5.41, 5.74) is 4.67. The molecular formula is C19H17F3N4O2. The van der Waals surface area contributed by atoms with Crippen molar-refractivity contribution < 1.29 is 22.8 Å². The highest BCUT2D eigenvalue weighted by molar-refractivity contribution is 6.01. The third kappa shape index (κ3) is 6.02. The minimum absolute atomic E-state index is 0.0965. The lowest BCUT2D eigenvalue weighted by molar-refractivity contribution is -0.137. The number of anilines is 2. The number of nitrogens with zero attached hydrogens (tertiary/aromatic N) is 1. The van der Waals surface area contributed by atoms with Gasteiger partial charge in [-0.1, -0.05) is 12.1 Å². The molecule has 0 bridgehead atoms. The number of carbonyl (C=O) groups is 2. The van der Waals surface area contributed by atoms with Gasteiger partial charge in [-0.25, -0.2) is 0 Å². The molecule has 28 heavy (non-hydrogen) atoms. The van der Waals surface area contributed by atoms with Gasteiger partial charge in [0.15, 0.2) is 0 Å². The zero-order valence-electron chi connectivity index (χ0n) is 14.6. The van der Waals surface area contributed by atoms with Gasteiger partial charge < -0.3 is 5.32 Å². The summed E-state index contributed by atoms with van der Waals surface area (Å²) in [4.78, 5) is 23.9. The Morgan fingerprint density at radius 1 is 1.00 bits per heavy atom. The highest BCUT2D eigenvalue weighted by Crippen LogP contribution is 2.30. The van der Waals surface area contributed by atoms with Crippen molar-refractivity contribution in [1.29, 1.82) is 5.26 Å². The summed E-state index contributed by atoms with van der Waals surface area (Å²) < 4.78 is 37.9. The minimum atomic E-state index is -4.43. The number of halogens is 3. The number of rotatable bonds is 6. The maximum Gasteiger partial charge on any atom is 0.416 e. The molecule has 0 fully saturated rings. The summed E-state index contributed by atoms with van der Waals surface area (Å²) >= 11 is 0. The van der Waals surface area contributed by atoms with Crippen molar-refractivity contribution in [3.63, 3.8) is 0 Å². The minimum Gasteiger partial charge on any atom is -0.355 e. The lowest BCUT2D eigenvalue weighted by Crippen LogP contribution is -2.41. The molecule has 0 saturated carbocycles. The first-order chi connectivity index (χ1) is 13.3. The first-order valence-electron chi connectivity index (χ1n) is 8.30. The highest BCUT2D eigenvalue weighted by atomic mass is 19.4. The van der Waals surface area contributed by atoms with Crippen molar-refractivity contribution in [2.45, 2.75) is 25.4 Å². The molecule has 0 saturated heterocycles. The molecule has 6 nitrogen and oxygen atoms in total. The van der Waals surface area contributed by atoms with Gasteiger partial charge in [-0.05, 0) is 42.8 Å². The fourth-order valence-electron chi connectivity index (χ4n) is 2.27. The number of hydrazine groups is 1. The first kappa shape index (κ1) is 20.8. The van der Waals surface area contributed by atoms with Gasteiger partial charge in [-0.2, -0.15) is 18.4 Å². The second-order valence-electron chi connectivity index (χ2n) is 5.76. The van der Waals surface area contributed by atoms with Crippen LogP contribution < -0.4 is 16.2 Å². The Labute approximate surface area is 159 Å². The van der Waals surface area contributed by atoms with E-state index in [1.807, 2.05) is 6.07 Å². The van der Waals surface area contributed by atoms with E-state index in [1.165, 1.54) is 18.2 Å². The number of amides is 2. The fourth-order valence-corrected chi connectivity index (χ4v) is 2.27. The number of para-hydroxylation sites is 1. The lowest BCUT2D eigenvalue weighted by atomic mass is 10.1. The lowest BCUT2D eigenvalue weighted by Gasteiger charge is -2.13. The summed E-state index contributed by atoms with van der Waals surface area (Å²) in [7, 11) is 0. The van der Waals surface area contributed by atoms with E-state index in [1.54, 1.807) is 18.2 Å². The van der Waals surface area contributed by atoms with Gasteiger partial charge in [-0.15, -0.1) is 0 Å². The Bertz CT molecular complexity index is 874. The van der Waals surface area contributed by atoms with E-state index in [9.17, 15) is 22.8 Å². The second-order valence-corrected chi connectivity index (χ2v) is 5.76. The number of hydrogen-bond donors (Lipinski definition) is 3. The highest BCUT2D eigenvalue weighted by Gasteiger charge is 2.29. The third-order valence-electron chi connectivity index (χ3n) is 3.67. The monoisotopic (exact) mass is 390 g/mol. The molecule has 3 N–H and O–H groups in total. The van der Waals surface area contributed by atoms with Crippen molar-refractivity contribution in [2.75, 3.05) is 5.32 Å². The molecule has 0 unspecified atom stereocenters. The number of hydrogen-bond acceptors (Lipinski definition) is 4. The van der Waals surface area contributed by atoms with Gasteiger partial charge in [0.1, 0.15) is 0 Å². The van der Waals surface area contributed by atoms with Crippen LogP contribution >= 0.6 is 0 Å². The average molecular weight is 390 g/mol. The Morgan fingerprint density at radius 2 is 1.68 bits per heavy atom. The normalized spacial score (nSPS) is 10.6. The molecule has 2 rings (SSSR count). The van der Waals surface area contributed by atoms with E-state index in [4.69, 9.17) is 5.26 Å². The largest absolute Gasteiger partial charge is 0.416 e. The molecule has 0 aliphatic heterocycles. The summed E-state index contributed by atoms with van der Waals surface area (Å²) in [5.74, 6) is -1.03. The number of nitriles is 1. The second kappa shape index (κ2) is 9.41. The zero-order valence-corrected chi connectivity index (χ0v) is 14.6. The molecule has 0 aromatic heterocycles. The molecule has 9 heteroatoms. The number of unbranched alkanes of at least 4 members (excludes halogenated alkanes) is 1. The number of alkyl halides is 3. The van der Waals surface area contributed by atoms with Gasteiger partial charge in [-0.3, -0.25) is 20.4 Å². The van der Waals surface area contributed by atoms with Crippen molar-refractivity contribution in [3.05, 3.63) is 59.7 Å². The zero-order chi connectivity index (χ0) is 20.6. The SMILES string of the molecule is N#CCCCC(=O)NNC(=O)c1ccccc1Nc1ccc(C(F)(F)F)cc1. The number of carbonyl (C=O) groups excluding carboxylic acids is 2. The van der Waals surface area contributed by atoms with Crippen LogP contribution in [0.1, 0.15) is 35.2 Å². The van der Waals surface area contributed by atoms with E-state index in [0.29, 0.717) is 17.8 Å². The van der Waals surface area contributed by atoms with Crippen LogP contribution in [0.15, 0.2) is 48.5 Å². The molecule has 0 aliphatic carbocycles. The van der Waals surface area contributed by atoms with Crippen LogP contribution in [-0.4, -0.2) is 11.8 Å². The van der Waals surface area contributed by atoms with Crippen molar-refractivity contribution in [2.24, 2.45) is 0 Å². The van der Waals surface area contributed by atoms with Crippen LogP contribution in [0.25, 0.3) is 0 Å². The van der Waals surface area contributed by atoms with Gasteiger partial charge >= 0.3 is 6.18 Å². The molecule has 2 aromatic carbocycles. The molecule has 0 atom stereocenters. The average Bonchev–Trinajstić information content (AvgIpc) is 2.66. The summed E-state index contributed by atoms with van der Waals surface area (Å²) in [6.07, 6.45) is -3.72. The predicted octanol–water partition coefficient (Wildman–Crippen LogP) is 3.90. The molecule has 0 aliphatic rings. The predicted molar refractivity (Wildman–Crippen MR) is 96.2 cm³/mol.